The van der Waals surface area contributed by atoms with E-state index >= 15 is 0 Å². The first kappa shape index (κ1) is 77.3. The van der Waals surface area contributed by atoms with Gasteiger partial charge in [0.15, 0.2) is 0 Å². The molecule has 0 N–H and O–H groups in total. The second-order valence-electron chi connectivity index (χ2n) is 39.0. The molecular formula is C130H88N2O2S2. The van der Waals surface area contributed by atoms with Crippen molar-refractivity contribution in [2.45, 2.75) is 79.3 Å². The molecule has 0 amide bonds. The Morgan fingerprint density at radius 1 is 0.324 bits per heavy atom. The number of para-hydroxylation sites is 3. The maximum atomic E-state index is 7.80. The van der Waals surface area contributed by atoms with E-state index < -0.39 is 21.7 Å². The molecule has 4 nitrogen and oxygen atoms in total. The van der Waals surface area contributed by atoms with Crippen LogP contribution in [-0.4, -0.2) is 11.4 Å². The van der Waals surface area contributed by atoms with Crippen LogP contribution in [0, 0.1) is 17.8 Å². The molecule has 0 saturated carbocycles. The van der Waals surface area contributed by atoms with E-state index in [9.17, 15) is 0 Å². The number of rotatable bonds is 8. The highest BCUT2D eigenvalue weighted by molar-refractivity contribution is 8.00. The summed E-state index contributed by atoms with van der Waals surface area (Å²) in [4.78, 5) is 9.25. The fraction of sp³-hybridized carbons (Fsp3) is 0.108. The Balaban J connectivity index is 0.581. The van der Waals surface area contributed by atoms with Crippen molar-refractivity contribution < 1.29 is 9.47 Å². The van der Waals surface area contributed by atoms with E-state index in [1.807, 2.05) is 23.5 Å². The van der Waals surface area contributed by atoms with Gasteiger partial charge in [0.25, 0.3) is 0 Å². The summed E-state index contributed by atoms with van der Waals surface area (Å²) in [5.74, 6) is 2.98. The first-order valence-electron chi connectivity index (χ1n) is 48.4. The largest absolute Gasteiger partial charge is 0.485 e. The second-order valence-corrected chi connectivity index (χ2v) is 41.3. The minimum absolute atomic E-state index is 0.0354. The van der Waals surface area contributed by atoms with Gasteiger partial charge in [-0.25, -0.2) is 0 Å². The van der Waals surface area contributed by atoms with Gasteiger partial charge in [0.2, 0.25) is 0 Å². The Labute approximate surface area is 800 Å². The highest BCUT2D eigenvalue weighted by atomic mass is 32.2. The van der Waals surface area contributed by atoms with E-state index in [1.54, 1.807) is 0 Å². The Morgan fingerprint density at radius 3 is 1.69 bits per heavy atom. The van der Waals surface area contributed by atoms with Crippen LogP contribution in [-0.2, 0) is 21.7 Å². The van der Waals surface area contributed by atoms with Crippen molar-refractivity contribution in [3.63, 3.8) is 0 Å². The maximum absolute atomic E-state index is 7.80. The van der Waals surface area contributed by atoms with Crippen LogP contribution in [0.5, 0.6) is 17.2 Å². The van der Waals surface area contributed by atoms with Crippen LogP contribution in [0.3, 0.4) is 0 Å². The minimum atomic E-state index is -0.701. The summed E-state index contributed by atoms with van der Waals surface area (Å²) in [6.07, 6.45) is 37.5. The van der Waals surface area contributed by atoms with Crippen LogP contribution < -0.4 is 19.3 Å². The van der Waals surface area contributed by atoms with E-state index in [1.165, 1.54) is 164 Å². The summed E-state index contributed by atoms with van der Waals surface area (Å²) in [5, 5.41) is 7.60. The van der Waals surface area contributed by atoms with Gasteiger partial charge in [0.1, 0.15) is 23.4 Å². The lowest BCUT2D eigenvalue weighted by Crippen LogP contribution is -2.47. The normalized spacial score (nSPS) is 22.1. The predicted octanol–water partition coefficient (Wildman–Crippen LogP) is 32.4. The molecule has 13 aliphatic rings. The molecular weight excluding hydrogens is 1690 g/mol. The van der Waals surface area contributed by atoms with Crippen molar-refractivity contribution in [2.75, 3.05) is 9.80 Å². The first-order chi connectivity index (χ1) is 67.4. The summed E-state index contributed by atoms with van der Waals surface area (Å²) in [7, 11) is 0. The lowest BCUT2D eigenvalue weighted by atomic mass is 9.59. The predicted molar refractivity (Wildman–Crippen MR) is 559 cm³/mol. The number of hydrogen-bond acceptors (Lipinski definition) is 6. The summed E-state index contributed by atoms with van der Waals surface area (Å²) in [6.45, 7) is 0. The van der Waals surface area contributed by atoms with Gasteiger partial charge in [-0.15, -0.1) is 11.8 Å². The van der Waals surface area contributed by atoms with E-state index in [4.69, 9.17) is 9.47 Å². The van der Waals surface area contributed by atoms with Gasteiger partial charge in [-0.2, -0.15) is 0 Å². The van der Waals surface area contributed by atoms with Crippen molar-refractivity contribution in [3.8, 4) is 50.6 Å². The van der Waals surface area contributed by atoms with Crippen LogP contribution in [0.4, 0.5) is 22.7 Å². The van der Waals surface area contributed by atoms with E-state index in [2.05, 4.69) is 459 Å². The van der Waals surface area contributed by atoms with Crippen LogP contribution in [0.2, 0.25) is 0 Å². The molecule has 8 unspecified atom stereocenters. The molecule has 0 saturated heterocycles. The van der Waals surface area contributed by atoms with Crippen molar-refractivity contribution in [1.29, 1.82) is 0 Å². The molecule has 4 spiro atoms. The molecule has 6 heteroatoms. The third kappa shape index (κ3) is 10.5. The third-order valence-electron chi connectivity index (χ3n) is 32.9. The topological polar surface area (TPSA) is 24.9 Å². The van der Waals surface area contributed by atoms with Crippen LogP contribution >= 0.6 is 23.5 Å². The van der Waals surface area contributed by atoms with Gasteiger partial charge in [-0.1, -0.05) is 352 Å². The molecule has 17 aromatic carbocycles. The molecule has 4 aliphatic heterocycles. The van der Waals surface area contributed by atoms with Crippen molar-refractivity contribution in [3.05, 3.63) is 549 Å². The van der Waals surface area contributed by atoms with Crippen LogP contribution in [0.15, 0.2) is 486 Å². The summed E-state index contributed by atoms with van der Waals surface area (Å²) in [6, 6.07) is 140. The zero-order valence-corrected chi connectivity index (χ0v) is 76.2. The Hall–Kier alpha value is -15.2. The van der Waals surface area contributed by atoms with E-state index in [-0.39, 0.29) is 35.0 Å². The minimum Gasteiger partial charge on any atom is -0.485 e. The zero-order chi connectivity index (χ0) is 88.9. The van der Waals surface area contributed by atoms with Gasteiger partial charge in [-0.05, 0) is 279 Å². The smallest absolute Gasteiger partial charge is 0.132 e. The third-order valence-corrected chi connectivity index (χ3v) is 35.4. The van der Waals surface area contributed by atoms with Crippen molar-refractivity contribution in [1.82, 2.24) is 0 Å². The summed E-state index contributed by atoms with van der Waals surface area (Å²) in [5.41, 5.74) is 35.9. The first-order valence-corrected chi connectivity index (χ1v) is 50.1. The summed E-state index contributed by atoms with van der Waals surface area (Å²) < 4.78 is 14.8. The van der Waals surface area contributed by atoms with E-state index in [0.717, 1.165) is 93.3 Å². The Bertz CT molecular complexity index is 8440. The van der Waals surface area contributed by atoms with Gasteiger partial charge >= 0.3 is 0 Å². The highest BCUT2D eigenvalue weighted by Crippen LogP contribution is 2.71. The molecule has 136 heavy (non-hydrogen) atoms. The van der Waals surface area contributed by atoms with Gasteiger partial charge in [0, 0.05) is 100 Å². The number of nitrogens with zero attached hydrogens (tertiary/aromatic N) is 2. The van der Waals surface area contributed by atoms with Crippen molar-refractivity contribution in [2.24, 2.45) is 17.8 Å². The molecule has 4 heterocycles. The lowest BCUT2D eigenvalue weighted by molar-refractivity contribution is 0.142. The van der Waals surface area contributed by atoms with Gasteiger partial charge in [-0.3, -0.25) is 0 Å². The summed E-state index contributed by atoms with van der Waals surface area (Å²) >= 11 is 3.94. The molecule has 0 bridgehead atoms. The molecule has 8 atom stereocenters. The number of fused-ring (bicyclic) bond motifs is 38. The fourth-order valence-corrected chi connectivity index (χ4v) is 30.3. The number of ether oxygens (including phenoxy) is 2. The van der Waals surface area contributed by atoms with Gasteiger partial charge < -0.3 is 19.3 Å². The SMILES string of the molecule is C1=CC2Oc3c(-c4ccc5cc(N(C6=CC7=C(CC6)c6ccccc6C76c7ccccc7SC7C=CC=CC76)c6ccc7c(c6)C6(C8=C7CCC=C8)c7ccccc7Oc7ccccc76)ccc5c4)cccc3C3(c4ccccc4-c4ccc(N(C5=CC6C(C=C5)c5ccccc5C65c6ccccc6Sc6ccccc65)c5ccc(-c6ccc7c(ccc8ccccc87)c6)cc5)cc43)C2C=C1. The molecule has 30 rings (SSSR count). The quantitative estimate of drug-likeness (QED) is 0.141. The number of anilines is 4. The maximum Gasteiger partial charge on any atom is 0.132 e. The van der Waals surface area contributed by atoms with Gasteiger partial charge in [0.05, 0.1) is 21.7 Å². The molecule has 0 aromatic heterocycles. The van der Waals surface area contributed by atoms with Crippen LogP contribution in [0.25, 0.3) is 76.8 Å². The molecule has 642 valence electrons. The Kier molecular flexibility index (Phi) is 16.6. The number of benzene rings is 17. The lowest BCUT2D eigenvalue weighted by Gasteiger charge is -2.48. The number of allylic oxidation sites excluding steroid dienone is 16. The average Bonchev–Trinajstić information content (AvgIpc) is 1.51. The van der Waals surface area contributed by atoms with Crippen LogP contribution in [0.1, 0.15) is 109 Å². The number of hydrogen-bond donors (Lipinski definition) is 0. The Morgan fingerprint density at radius 2 is 0.875 bits per heavy atom. The monoisotopic (exact) mass is 1770 g/mol. The average molecular weight is 1770 g/mol. The molecule has 0 fully saturated rings. The fourth-order valence-electron chi connectivity index (χ4n) is 27.6. The molecule has 0 radical (unpaired) electrons. The second kappa shape index (κ2) is 29.2. The molecule has 9 aliphatic carbocycles. The standard InChI is InChI=1S/C130H88N2O2S2/c1-2-27-92-80(26-1)52-54-84-72-81(59-67-93(84)92)79-56-60-86(61-57-79)131(89-64-69-101-97-30-5-9-35-105(97)129(117(101)76-89)110-40-14-21-48-122(110)135-123-49-22-15-41-111(123)129)88-63-68-100-96-29-4-8-34-104(96)128(116(100)75-88)109-39-13-20-47-121(109)134-126-94(32-25-44-114(126)128)85-55-53-83-74-87(62-58-82(83)73-85)132(90-65-70-99-95-28-3-7-33-103(95)127(115(99)77-90)107-37-11-18-45-119(107)133-120-46-19-12-38-108(120)127)91-66-71-102-98-31-6-10-36-106(98)130(118(102)78-91)112-42-16-23-50-124(112)136-125-51-24-17-43-113(125)130/h1-2,4-27,29-65,67-70,72-78,101,109,112,117,121,124H,3,28,66,71H2. The zero-order valence-electron chi connectivity index (χ0n) is 74.5. The van der Waals surface area contributed by atoms with Crippen molar-refractivity contribution >= 4 is 89.7 Å². The van der Waals surface area contributed by atoms with E-state index in [0.29, 0.717) is 0 Å². The number of thioether (sulfide) groups is 1. The molecule has 17 aromatic rings. The highest BCUT2D eigenvalue weighted by Gasteiger charge is 2.61.